The fraction of sp³-hybridized carbons (Fsp3) is 0.333. The number of aliphatic carboxylic acids is 2. The minimum Gasteiger partial charge on any atom is -0.478 e. The first-order valence-electron chi connectivity index (χ1n) is 2.81. The molecule has 0 amide bonds. The first-order chi connectivity index (χ1) is 4.95. The zero-order valence-electron chi connectivity index (χ0n) is 5.81. The third-order valence-electron chi connectivity index (χ3n) is 0.976. The van der Waals surface area contributed by atoms with Crippen molar-refractivity contribution in [1.29, 1.82) is 0 Å². The zero-order chi connectivity index (χ0) is 9.02. The molecule has 0 aromatic heterocycles. The molecule has 5 nitrogen and oxygen atoms in total. The van der Waals surface area contributed by atoms with Gasteiger partial charge in [-0.25, -0.2) is 9.59 Å². The predicted octanol–water partition coefficient (Wildman–Crippen LogP) is -0.537. The lowest BCUT2D eigenvalue weighted by Gasteiger charge is -2.02. The number of hydrogen-bond donors (Lipinski definition) is 3. The molecular weight excluding hydrogens is 152 g/mol. The van der Waals surface area contributed by atoms with Crippen LogP contribution in [0.15, 0.2) is 11.6 Å². The highest BCUT2D eigenvalue weighted by Gasteiger charge is 2.14. The lowest BCUT2D eigenvalue weighted by atomic mass is 10.1. The van der Waals surface area contributed by atoms with Crippen molar-refractivity contribution in [3.8, 4) is 0 Å². The van der Waals surface area contributed by atoms with Gasteiger partial charge in [0.05, 0.1) is 11.7 Å². The van der Waals surface area contributed by atoms with E-state index in [0.29, 0.717) is 6.08 Å². The average molecular weight is 160 g/mol. The van der Waals surface area contributed by atoms with Crippen molar-refractivity contribution in [3.05, 3.63) is 11.6 Å². The molecule has 11 heavy (non-hydrogen) atoms. The summed E-state index contributed by atoms with van der Waals surface area (Å²) in [6.07, 6.45) is -0.809. The van der Waals surface area contributed by atoms with E-state index < -0.39 is 23.6 Å². The van der Waals surface area contributed by atoms with Gasteiger partial charge in [0.25, 0.3) is 0 Å². The fourth-order valence-electron chi connectivity index (χ4n) is 0.494. The van der Waals surface area contributed by atoms with Gasteiger partial charge in [-0.15, -0.1) is 0 Å². The van der Waals surface area contributed by atoms with E-state index >= 15 is 0 Å². The van der Waals surface area contributed by atoms with Crippen molar-refractivity contribution in [2.45, 2.75) is 13.0 Å². The highest BCUT2D eigenvalue weighted by Crippen LogP contribution is 2.00. The normalized spacial score (nSPS) is 14.2. The molecule has 1 atom stereocenters. The summed E-state index contributed by atoms with van der Waals surface area (Å²) in [7, 11) is 0. The Kier molecular flexibility index (Phi) is 3.26. The molecule has 1 unspecified atom stereocenters. The van der Waals surface area contributed by atoms with Gasteiger partial charge in [-0.2, -0.15) is 0 Å². The standard InChI is InChI=1S/C6H8O5/c1-3(7)4(6(10)11)2-5(8)9/h2-3,7H,1H3,(H,8,9)(H,10,11)/b4-2-. The molecule has 0 aromatic rings. The summed E-state index contributed by atoms with van der Waals surface area (Å²) in [4.78, 5) is 20.2. The van der Waals surface area contributed by atoms with Gasteiger partial charge in [0.15, 0.2) is 0 Å². The van der Waals surface area contributed by atoms with Gasteiger partial charge in [0.1, 0.15) is 0 Å². The van der Waals surface area contributed by atoms with Crippen LogP contribution in [-0.4, -0.2) is 33.4 Å². The molecule has 0 aliphatic heterocycles. The number of carboxylic acids is 2. The second kappa shape index (κ2) is 3.72. The number of carboxylic acid groups (broad SMARTS) is 2. The Morgan fingerprint density at radius 1 is 1.36 bits per heavy atom. The highest BCUT2D eigenvalue weighted by atomic mass is 16.4. The van der Waals surface area contributed by atoms with Crippen molar-refractivity contribution in [2.75, 3.05) is 0 Å². The summed E-state index contributed by atoms with van der Waals surface area (Å²) >= 11 is 0. The molecule has 0 fully saturated rings. The van der Waals surface area contributed by atoms with E-state index in [1.165, 1.54) is 6.92 Å². The maximum atomic E-state index is 10.2. The van der Waals surface area contributed by atoms with E-state index in [1.807, 2.05) is 0 Å². The Balaban J connectivity index is 4.60. The van der Waals surface area contributed by atoms with Crippen molar-refractivity contribution >= 4 is 11.9 Å². The van der Waals surface area contributed by atoms with Gasteiger partial charge in [0, 0.05) is 6.08 Å². The van der Waals surface area contributed by atoms with Gasteiger partial charge >= 0.3 is 11.9 Å². The minimum atomic E-state index is -1.43. The van der Waals surface area contributed by atoms with Crippen LogP contribution in [0.1, 0.15) is 6.92 Å². The van der Waals surface area contributed by atoms with Crippen LogP contribution in [0.3, 0.4) is 0 Å². The third kappa shape index (κ3) is 3.36. The smallest absolute Gasteiger partial charge is 0.334 e. The van der Waals surface area contributed by atoms with Crippen LogP contribution in [0.5, 0.6) is 0 Å². The number of rotatable bonds is 3. The summed E-state index contributed by atoms with van der Waals surface area (Å²) < 4.78 is 0. The maximum Gasteiger partial charge on any atom is 0.334 e. The van der Waals surface area contributed by atoms with Crippen LogP contribution in [0.2, 0.25) is 0 Å². The molecule has 5 heteroatoms. The number of aliphatic hydroxyl groups is 1. The van der Waals surface area contributed by atoms with Crippen molar-refractivity contribution in [1.82, 2.24) is 0 Å². The topological polar surface area (TPSA) is 94.8 Å². The molecule has 3 N–H and O–H groups in total. The molecule has 0 rings (SSSR count). The van der Waals surface area contributed by atoms with Crippen molar-refractivity contribution in [3.63, 3.8) is 0 Å². The van der Waals surface area contributed by atoms with Crippen LogP contribution < -0.4 is 0 Å². The quantitative estimate of drug-likeness (QED) is 0.482. The fourth-order valence-corrected chi connectivity index (χ4v) is 0.494. The lowest BCUT2D eigenvalue weighted by molar-refractivity contribution is -0.136. The largest absolute Gasteiger partial charge is 0.478 e. The number of aliphatic hydroxyl groups excluding tert-OH is 1. The molecule has 0 heterocycles. The second-order valence-corrected chi connectivity index (χ2v) is 1.92. The third-order valence-corrected chi connectivity index (χ3v) is 0.976. The molecule has 0 aromatic carbocycles. The monoisotopic (exact) mass is 160 g/mol. The number of carbonyl (C=O) groups is 2. The Morgan fingerprint density at radius 3 is 1.91 bits per heavy atom. The Morgan fingerprint density at radius 2 is 1.82 bits per heavy atom. The molecule has 0 saturated heterocycles. The molecule has 0 aliphatic rings. The van der Waals surface area contributed by atoms with Crippen LogP contribution in [0.4, 0.5) is 0 Å². The summed E-state index contributed by atoms with van der Waals surface area (Å²) in [6.45, 7) is 1.18. The predicted molar refractivity (Wildman–Crippen MR) is 35.0 cm³/mol. The van der Waals surface area contributed by atoms with E-state index in [-0.39, 0.29) is 0 Å². The summed E-state index contributed by atoms with van der Waals surface area (Å²) in [6, 6.07) is 0. The van der Waals surface area contributed by atoms with E-state index in [2.05, 4.69) is 0 Å². The lowest BCUT2D eigenvalue weighted by Crippen LogP contribution is -2.15. The van der Waals surface area contributed by atoms with E-state index in [1.54, 1.807) is 0 Å². The molecule has 62 valence electrons. The van der Waals surface area contributed by atoms with Crippen LogP contribution in [-0.2, 0) is 9.59 Å². The highest BCUT2D eigenvalue weighted by molar-refractivity contribution is 5.95. The molecule has 0 radical (unpaired) electrons. The van der Waals surface area contributed by atoms with Gasteiger partial charge in [-0.3, -0.25) is 0 Å². The first kappa shape index (κ1) is 9.64. The summed E-state index contributed by atoms with van der Waals surface area (Å²) in [5.41, 5.74) is -0.530. The zero-order valence-corrected chi connectivity index (χ0v) is 5.81. The van der Waals surface area contributed by atoms with Gasteiger partial charge < -0.3 is 15.3 Å². The van der Waals surface area contributed by atoms with E-state index in [4.69, 9.17) is 15.3 Å². The SMILES string of the molecule is CC(O)/C(=C/C(=O)O)C(=O)O. The van der Waals surface area contributed by atoms with Gasteiger partial charge in [-0.05, 0) is 6.92 Å². The van der Waals surface area contributed by atoms with E-state index in [9.17, 15) is 9.59 Å². The molecular formula is C6H8O5. The number of hydrogen-bond acceptors (Lipinski definition) is 3. The Hall–Kier alpha value is -1.36. The summed E-state index contributed by atoms with van der Waals surface area (Å²) in [5.74, 6) is -2.81. The summed E-state index contributed by atoms with van der Waals surface area (Å²) in [5, 5.41) is 25.2. The van der Waals surface area contributed by atoms with Crippen LogP contribution in [0.25, 0.3) is 0 Å². The van der Waals surface area contributed by atoms with E-state index in [0.717, 1.165) is 0 Å². The second-order valence-electron chi connectivity index (χ2n) is 1.92. The Labute approximate surface area is 62.6 Å². The molecule has 0 spiro atoms. The average Bonchev–Trinajstić information content (AvgIpc) is 1.81. The van der Waals surface area contributed by atoms with Crippen LogP contribution in [0, 0.1) is 0 Å². The first-order valence-corrected chi connectivity index (χ1v) is 2.81. The minimum absolute atomic E-state index is 0.465. The molecule has 0 bridgehead atoms. The van der Waals surface area contributed by atoms with Gasteiger partial charge in [0.2, 0.25) is 0 Å². The van der Waals surface area contributed by atoms with Crippen LogP contribution >= 0.6 is 0 Å². The molecule has 0 saturated carbocycles. The van der Waals surface area contributed by atoms with Crippen molar-refractivity contribution < 1.29 is 24.9 Å². The van der Waals surface area contributed by atoms with Gasteiger partial charge in [-0.1, -0.05) is 0 Å². The molecule has 0 aliphatic carbocycles. The maximum absolute atomic E-state index is 10.2. The van der Waals surface area contributed by atoms with Crippen molar-refractivity contribution in [2.24, 2.45) is 0 Å². The Bertz CT molecular complexity index is 203.